The molecule has 1 saturated carbocycles. The number of fused-ring (bicyclic) bond motifs is 1. The fourth-order valence-electron chi connectivity index (χ4n) is 4.57. The first-order chi connectivity index (χ1) is 13.2. The second-order valence-electron chi connectivity index (χ2n) is 8.57. The van der Waals surface area contributed by atoms with E-state index in [-0.39, 0.29) is 17.5 Å². The maximum absolute atomic E-state index is 12.4. The number of pyridine rings is 1. The summed E-state index contributed by atoms with van der Waals surface area (Å²) in [5.74, 6) is 0.580. The lowest BCUT2D eigenvalue weighted by Crippen LogP contribution is -2.35. The van der Waals surface area contributed by atoms with Crippen molar-refractivity contribution in [3.05, 3.63) is 63.7 Å². The molecule has 1 aromatic rings. The van der Waals surface area contributed by atoms with Crippen molar-refractivity contribution in [1.82, 2.24) is 9.47 Å². The summed E-state index contributed by atoms with van der Waals surface area (Å²) in [6.07, 6.45) is 14.6. The molecule has 1 fully saturated rings. The molecule has 2 aliphatic carbocycles. The summed E-state index contributed by atoms with van der Waals surface area (Å²) in [5, 5.41) is -0.547. The van der Waals surface area contributed by atoms with Gasteiger partial charge in [0.15, 0.2) is 9.84 Å². The van der Waals surface area contributed by atoms with Crippen LogP contribution in [0.1, 0.15) is 37.3 Å². The zero-order valence-electron chi connectivity index (χ0n) is 16.9. The van der Waals surface area contributed by atoms with Gasteiger partial charge in [-0.05, 0) is 44.4 Å². The van der Waals surface area contributed by atoms with Crippen molar-refractivity contribution in [2.75, 3.05) is 6.26 Å². The summed E-state index contributed by atoms with van der Waals surface area (Å²) in [7, 11) is -1.46. The number of hydrogen-bond donors (Lipinski definition) is 0. The van der Waals surface area contributed by atoms with Crippen molar-refractivity contribution in [3.8, 4) is 0 Å². The molecule has 150 valence electrons. The summed E-state index contributed by atoms with van der Waals surface area (Å²) >= 11 is 0. The molecular formula is C22H28N2O3S. The van der Waals surface area contributed by atoms with Crippen LogP contribution >= 0.6 is 0 Å². The molecule has 0 radical (unpaired) electrons. The van der Waals surface area contributed by atoms with Gasteiger partial charge in [-0.1, -0.05) is 25.0 Å². The summed E-state index contributed by atoms with van der Waals surface area (Å²) in [4.78, 5) is 14.5. The summed E-state index contributed by atoms with van der Waals surface area (Å²) in [5.41, 5.74) is 3.71. The SMILES string of the molecule is Cc1cc(C2=CC3C(=CC=CC3S(C)(=O)=O)N2[C@H](C)CC2CC2)cn(C)c1=O. The highest BCUT2D eigenvalue weighted by Gasteiger charge is 2.42. The van der Waals surface area contributed by atoms with Gasteiger partial charge in [-0.3, -0.25) is 4.79 Å². The van der Waals surface area contributed by atoms with Crippen LogP contribution < -0.4 is 5.56 Å². The van der Waals surface area contributed by atoms with E-state index in [4.69, 9.17) is 0 Å². The number of rotatable bonds is 5. The van der Waals surface area contributed by atoms with Gasteiger partial charge in [0.25, 0.3) is 5.56 Å². The molecule has 5 nitrogen and oxygen atoms in total. The van der Waals surface area contributed by atoms with Gasteiger partial charge in [-0.25, -0.2) is 8.42 Å². The number of sulfone groups is 1. The van der Waals surface area contributed by atoms with Crippen LogP contribution in [0.2, 0.25) is 0 Å². The molecule has 1 aromatic heterocycles. The average Bonchev–Trinajstić information content (AvgIpc) is 3.33. The van der Waals surface area contributed by atoms with Crippen LogP contribution in [0, 0.1) is 18.8 Å². The molecular weight excluding hydrogens is 372 g/mol. The number of allylic oxidation sites excluding steroid dienone is 3. The first kappa shape index (κ1) is 19.2. The largest absolute Gasteiger partial charge is 0.341 e. The monoisotopic (exact) mass is 400 g/mol. The number of aryl methyl sites for hydroxylation is 2. The van der Waals surface area contributed by atoms with E-state index in [1.165, 1.54) is 19.1 Å². The van der Waals surface area contributed by atoms with E-state index >= 15 is 0 Å². The van der Waals surface area contributed by atoms with Gasteiger partial charge in [0.05, 0.1) is 5.25 Å². The second kappa shape index (κ2) is 6.76. The predicted octanol–water partition coefficient (Wildman–Crippen LogP) is 3.02. The Morgan fingerprint density at radius 2 is 2.00 bits per heavy atom. The Hall–Kier alpha value is -2.08. The van der Waals surface area contributed by atoms with Crippen LogP contribution in [-0.2, 0) is 16.9 Å². The highest BCUT2D eigenvalue weighted by atomic mass is 32.2. The summed E-state index contributed by atoms with van der Waals surface area (Å²) in [6.45, 7) is 4.05. The fourth-order valence-corrected chi connectivity index (χ4v) is 5.70. The lowest BCUT2D eigenvalue weighted by atomic mass is 9.97. The molecule has 3 aliphatic rings. The van der Waals surface area contributed by atoms with Gasteiger partial charge in [0.2, 0.25) is 0 Å². The van der Waals surface area contributed by atoms with Gasteiger partial charge >= 0.3 is 0 Å². The Labute approximate surface area is 167 Å². The van der Waals surface area contributed by atoms with Gasteiger partial charge < -0.3 is 9.47 Å². The first-order valence-electron chi connectivity index (χ1n) is 9.92. The van der Waals surface area contributed by atoms with Gasteiger partial charge in [-0.2, -0.15) is 0 Å². The highest BCUT2D eigenvalue weighted by molar-refractivity contribution is 7.91. The minimum atomic E-state index is -3.22. The highest BCUT2D eigenvalue weighted by Crippen LogP contribution is 2.45. The number of hydrogen-bond acceptors (Lipinski definition) is 4. The number of nitrogens with zero attached hydrogens (tertiary/aromatic N) is 2. The van der Waals surface area contributed by atoms with Crippen molar-refractivity contribution in [1.29, 1.82) is 0 Å². The Balaban J connectivity index is 1.82. The smallest absolute Gasteiger partial charge is 0.253 e. The quantitative estimate of drug-likeness (QED) is 0.762. The molecule has 1 aliphatic heterocycles. The Kier molecular flexibility index (Phi) is 4.65. The zero-order chi connectivity index (χ0) is 20.2. The number of aromatic nitrogens is 1. The lowest BCUT2D eigenvalue weighted by molar-refractivity contribution is 0.338. The summed E-state index contributed by atoms with van der Waals surface area (Å²) in [6, 6.07) is 2.20. The van der Waals surface area contributed by atoms with Crippen LogP contribution in [0.5, 0.6) is 0 Å². The molecule has 3 atom stereocenters. The topological polar surface area (TPSA) is 59.4 Å². The van der Waals surface area contributed by atoms with Crippen molar-refractivity contribution >= 4 is 15.5 Å². The molecule has 0 aromatic carbocycles. The molecule has 28 heavy (non-hydrogen) atoms. The van der Waals surface area contributed by atoms with Crippen molar-refractivity contribution < 1.29 is 8.42 Å². The normalized spacial score (nSPS) is 25.4. The zero-order valence-corrected chi connectivity index (χ0v) is 17.7. The predicted molar refractivity (Wildman–Crippen MR) is 112 cm³/mol. The molecule has 0 spiro atoms. The fraction of sp³-hybridized carbons (Fsp3) is 0.500. The standard InChI is InChI=1S/C22H28N2O3S/c1-14-10-17(13-23(3)22(14)25)20-12-18-19(6-5-7-21(18)28(4,26)27)24(20)15(2)11-16-8-9-16/h5-7,10,12-13,15-16,18,21H,8-9,11H2,1-4H3/t15-,18?,21?/m1/s1. The van der Waals surface area contributed by atoms with E-state index in [0.29, 0.717) is 5.56 Å². The van der Waals surface area contributed by atoms with E-state index in [9.17, 15) is 13.2 Å². The Bertz CT molecular complexity index is 1030. The van der Waals surface area contributed by atoms with E-state index < -0.39 is 15.1 Å². The molecule has 6 heteroatoms. The van der Waals surface area contributed by atoms with E-state index in [2.05, 4.69) is 17.9 Å². The van der Waals surface area contributed by atoms with Crippen molar-refractivity contribution in [3.63, 3.8) is 0 Å². The second-order valence-corrected chi connectivity index (χ2v) is 10.8. The van der Waals surface area contributed by atoms with Gasteiger partial charge in [-0.15, -0.1) is 0 Å². The van der Waals surface area contributed by atoms with E-state index in [1.807, 2.05) is 31.3 Å². The third kappa shape index (κ3) is 3.39. The molecule has 0 N–H and O–H groups in total. The molecule has 2 unspecified atom stereocenters. The van der Waals surface area contributed by atoms with Crippen molar-refractivity contribution in [2.24, 2.45) is 18.9 Å². The first-order valence-corrected chi connectivity index (χ1v) is 11.9. The van der Waals surface area contributed by atoms with Gasteiger partial charge in [0, 0.05) is 54.0 Å². The summed E-state index contributed by atoms with van der Waals surface area (Å²) < 4.78 is 26.4. The molecule has 0 bridgehead atoms. The Morgan fingerprint density at radius 3 is 2.61 bits per heavy atom. The molecule has 0 amide bonds. The lowest BCUT2D eigenvalue weighted by Gasteiger charge is -2.34. The molecule has 2 heterocycles. The van der Waals surface area contributed by atoms with Crippen LogP contribution in [0.4, 0.5) is 0 Å². The van der Waals surface area contributed by atoms with Crippen LogP contribution in [-0.4, -0.2) is 35.4 Å². The van der Waals surface area contributed by atoms with Crippen LogP contribution in [0.3, 0.4) is 0 Å². The van der Waals surface area contributed by atoms with Crippen LogP contribution in [0.25, 0.3) is 5.70 Å². The maximum atomic E-state index is 12.4. The molecule has 4 rings (SSSR count). The third-order valence-corrected chi connectivity index (χ3v) is 7.54. The average molecular weight is 401 g/mol. The van der Waals surface area contributed by atoms with Gasteiger partial charge in [0.1, 0.15) is 0 Å². The third-order valence-electron chi connectivity index (χ3n) is 6.10. The minimum Gasteiger partial charge on any atom is -0.341 e. The molecule has 0 saturated heterocycles. The minimum absolute atomic E-state index is 0.00719. The Morgan fingerprint density at radius 1 is 1.29 bits per heavy atom. The van der Waals surface area contributed by atoms with E-state index in [1.54, 1.807) is 17.7 Å². The van der Waals surface area contributed by atoms with Crippen LogP contribution in [0.15, 0.2) is 47.1 Å². The van der Waals surface area contributed by atoms with E-state index in [0.717, 1.165) is 29.3 Å². The maximum Gasteiger partial charge on any atom is 0.253 e. The van der Waals surface area contributed by atoms with Crippen molar-refractivity contribution in [2.45, 2.75) is 44.4 Å².